The molecule has 1 aliphatic carbocycles. The zero-order valence-electron chi connectivity index (χ0n) is 8.32. The minimum atomic E-state index is -0.889. The summed E-state index contributed by atoms with van der Waals surface area (Å²) in [6.45, 7) is 2.05. The van der Waals surface area contributed by atoms with Crippen LogP contribution >= 0.6 is 0 Å². The molecule has 1 fully saturated rings. The number of rotatable bonds is 4. The van der Waals surface area contributed by atoms with Gasteiger partial charge < -0.3 is 10.2 Å². The fourth-order valence-electron chi connectivity index (χ4n) is 2.52. The Hall–Kier alpha value is -1.06. The normalized spacial score (nSPS) is 24.8. The summed E-state index contributed by atoms with van der Waals surface area (Å²) in [7, 11) is 0. The molecule has 0 aromatic rings. The van der Waals surface area contributed by atoms with Crippen molar-refractivity contribution in [1.29, 1.82) is 0 Å². The zero-order valence-corrected chi connectivity index (χ0v) is 8.32. The predicted octanol–water partition coefficient (Wildman–Crippen LogP) is 1.74. The lowest BCUT2D eigenvalue weighted by Gasteiger charge is -2.25. The maximum atomic E-state index is 10.7. The maximum Gasteiger partial charge on any atom is 0.303 e. The van der Waals surface area contributed by atoms with Crippen molar-refractivity contribution in [3.63, 3.8) is 0 Å². The molecular formula is C10H16O4. The van der Waals surface area contributed by atoms with Gasteiger partial charge in [0, 0.05) is 0 Å². The number of aliphatic carboxylic acids is 2. The fourth-order valence-corrected chi connectivity index (χ4v) is 2.52. The first-order chi connectivity index (χ1) is 6.43. The molecule has 0 aliphatic heterocycles. The molecule has 0 saturated heterocycles. The largest absolute Gasteiger partial charge is 0.481 e. The van der Waals surface area contributed by atoms with Crippen LogP contribution in [-0.4, -0.2) is 22.2 Å². The van der Waals surface area contributed by atoms with Crippen LogP contribution in [0.5, 0.6) is 0 Å². The summed E-state index contributed by atoms with van der Waals surface area (Å²) < 4.78 is 0. The van der Waals surface area contributed by atoms with E-state index >= 15 is 0 Å². The van der Waals surface area contributed by atoms with E-state index in [0.29, 0.717) is 5.92 Å². The molecule has 0 spiro atoms. The predicted molar refractivity (Wildman–Crippen MR) is 50.0 cm³/mol. The minimum Gasteiger partial charge on any atom is -0.481 e. The van der Waals surface area contributed by atoms with E-state index in [-0.39, 0.29) is 12.8 Å². The van der Waals surface area contributed by atoms with Gasteiger partial charge in [0.1, 0.15) is 0 Å². The van der Waals surface area contributed by atoms with E-state index in [4.69, 9.17) is 10.2 Å². The summed E-state index contributed by atoms with van der Waals surface area (Å²) in [6, 6.07) is 0. The average Bonchev–Trinajstić information content (AvgIpc) is 2.28. The number of hydrogen-bond donors (Lipinski definition) is 2. The monoisotopic (exact) mass is 200 g/mol. The van der Waals surface area contributed by atoms with Gasteiger partial charge in [0.25, 0.3) is 0 Å². The Labute approximate surface area is 82.9 Å². The van der Waals surface area contributed by atoms with Crippen LogP contribution < -0.4 is 0 Å². The van der Waals surface area contributed by atoms with Gasteiger partial charge in [-0.2, -0.15) is 0 Å². The van der Waals surface area contributed by atoms with Gasteiger partial charge in [-0.15, -0.1) is 0 Å². The van der Waals surface area contributed by atoms with Crippen molar-refractivity contribution < 1.29 is 19.8 Å². The summed E-state index contributed by atoms with van der Waals surface area (Å²) in [6.07, 6.45) is 2.38. The minimum absolute atomic E-state index is 0.0103. The maximum absolute atomic E-state index is 10.7. The Morgan fingerprint density at radius 1 is 1.29 bits per heavy atom. The lowest BCUT2D eigenvalue weighted by Crippen LogP contribution is -2.24. The van der Waals surface area contributed by atoms with Gasteiger partial charge in [0.05, 0.1) is 12.8 Å². The molecule has 2 N–H and O–H groups in total. The van der Waals surface area contributed by atoms with Crippen LogP contribution in [0, 0.1) is 11.3 Å². The molecule has 80 valence electrons. The molecule has 1 rings (SSSR count). The van der Waals surface area contributed by atoms with Crippen molar-refractivity contribution in [2.24, 2.45) is 11.3 Å². The lowest BCUT2D eigenvalue weighted by atomic mass is 9.79. The van der Waals surface area contributed by atoms with Crippen LogP contribution in [0.15, 0.2) is 0 Å². The highest BCUT2D eigenvalue weighted by Crippen LogP contribution is 2.46. The Morgan fingerprint density at radius 2 is 1.79 bits per heavy atom. The molecule has 4 heteroatoms. The van der Waals surface area contributed by atoms with E-state index in [1.807, 2.05) is 6.92 Å². The zero-order chi connectivity index (χ0) is 10.8. The van der Waals surface area contributed by atoms with E-state index in [1.165, 1.54) is 0 Å². The van der Waals surface area contributed by atoms with Crippen molar-refractivity contribution in [2.75, 3.05) is 0 Å². The van der Waals surface area contributed by atoms with Crippen LogP contribution in [0.4, 0.5) is 0 Å². The molecule has 4 nitrogen and oxygen atoms in total. The second kappa shape index (κ2) is 3.98. The summed E-state index contributed by atoms with van der Waals surface area (Å²) in [5.41, 5.74) is -0.489. The first kappa shape index (κ1) is 11.0. The van der Waals surface area contributed by atoms with Crippen molar-refractivity contribution in [3.05, 3.63) is 0 Å². The second-order valence-electron chi connectivity index (χ2n) is 4.49. The third kappa shape index (κ3) is 2.72. The second-order valence-corrected chi connectivity index (χ2v) is 4.49. The van der Waals surface area contributed by atoms with Crippen LogP contribution in [-0.2, 0) is 9.59 Å². The quantitative estimate of drug-likeness (QED) is 0.724. The number of carboxylic acid groups (broad SMARTS) is 2. The highest BCUT2D eigenvalue weighted by atomic mass is 16.4. The fraction of sp³-hybridized carbons (Fsp3) is 0.800. The molecule has 0 amide bonds. The van der Waals surface area contributed by atoms with Gasteiger partial charge in [-0.3, -0.25) is 9.59 Å². The van der Waals surface area contributed by atoms with Crippen LogP contribution in [0.3, 0.4) is 0 Å². The third-order valence-corrected chi connectivity index (χ3v) is 3.00. The van der Waals surface area contributed by atoms with Gasteiger partial charge in [-0.25, -0.2) is 0 Å². The van der Waals surface area contributed by atoms with Gasteiger partial charge in [0.15, 0.2) is 0 Å². The molecule has 1 aliphatic rings. The van der Waals surface area contributed by atoms with Crippen molar-refractivity contribution in [3.8, 4) is 0 Å². The van der Waals surface area contributed by atoms with Gasteiger partial charge in [-0.05, 0) is 24.2 Å². The van der Waals surface area contributed by atoms with E-state index < -0.39 is 17.4 Å². The summed E-state index contributed by atoms with van der Waals surface area (Å²) in [5.74, 6) is -1.32. The molecular weight excluding hydrogens is 184 g/mol. The summed E-state index contributed by atoms with van der Waals surface area (Å²) in [5, 5.41) is 17.5. The highest BCUT2D eigenvalue weighted by Gasteiger charge is 2.40. The first-order valence-electron chi connectivity index (χ1n) is 4.87. The molecule has 0 radical (unpaired) electrons. The number of carboxylic acids is 2. The van der Waals surface area contributed by atoms with E-state index in [0.717, 1.165) is 19.3 Å². The SMILES string of the molecule is CC1CCC(CC(=O)O)(CC(=O)O)C1. The van der Waals surface area contributed by atoms with Gasteiger partial charge in [-0.1, -0.05) is 13.3 Å². The highest BCUT2D eigenvalue weighted by molar-refractivity contribution is 5.72. The molecule has 1 saturated carbocycles. The van der Waals surface area contributed by atoms with Crippen LogP contribution in [0.1, 0.15) is 39.0 Å². The number of carbonyl (C=O) groups is 2. The van der Waals surface area contributed by atoms with Crippen molar-refractivity contribution in [2.45, 2.75) is 39.0 Å². The Kier molecular flexibility index (Phi) is 3.13. The van der Waals surface area contributed by atoms with Gasteiger partial charge in [0.2, 0.25) is 0 Å². The van der Waals surface area contributed by atoms with Crippen molar-refractivity contribution in [1.82, 2.24) is 0 Å². The average molecular weight is 200 g/mol. The molecule has 14 heavy (non-hydrogen) atoms. The van der Waals surface area contributed by atoms with Gasteiger partial charge >= 0.3 is 11.9 Å². The number of hydrogen-bond acceptors (Lipinski definition) is 2. The first-order valence-corrected chi connectivity index (χ1v) is 4.87. The Balaban J connectivity index is 2.69. The smallest absolute Gasteiger partial charge is 0.303 e. The molecule has 0 aromatic heterocycles. The topological polar surface area (TPSA) is 74.6 Å². The lowest BCUT2D eigenvalue weighted by molar-refractivity contribution is -0.143. The van der Waals surface area contributed by atoms with E-state index in [1.54, 1.807) is 0 Å². The molecule has 1 atom stereocenters. The van der Waals surface area contributed by atoms with Crippen LogP contribution in [0.25, 0.3) is 0 Å². The van der Waals surface area contributed by atoms with E-state index in [9.17, 15) is 9.59 Å². The molecule has 1 unspecified atom stereocenters. The summed E-state index contributed by atoms with van der Waals surface area (Å²) in [4.78, 5) is 21.3. The third-order valence-electron chi connectivity index (χ3n) is 3.00. The molecule has 0 aromatic carbocycles. The molecule has 0 bridgehead atoms. The van der Waals surface area contributed by atoms with Crippen LogP contribution in [0.2, 0.25) is 0 Å². The Morgan fingerprint density at radius 3 is 2.07 bits per heavy atom. The van der Waals surface area contributed by atoms with Crippen molar-refractivity contribution >= 4 is 11.9 Å². The molecule has 0 heterocycles. The Bertz CT molecular complexity index is 231. The van der Waals surface area contributed by atoms with E-state index in [2.05, 4.69) is 0 Å². The standard InChI is InChI=1S/C10H16O4/c1-7-2-3-10(4-7,5-8(11)12)6-9(13)14/h7H,2-6H2,1H3,(H,11,12)(H,13,14). The summed E-state index contributed by atoms with van der Waals surface area (Å²) >= 11 is 0.